The summed E-state index contributed by atoms with van der Waals surface area (Å²) in [6, 6.07) is 1.74. The number of nitrogens with one attached hydrogen (secondary N) is 1. The van der Waals surface area contributed by atoms with E-state index in [0.717, 1.165) is 23.9 Å². The SMILES string of the molecule is CC(C)CNCCCC(C)N1CCCC2CCCC21. The van der Waals surface area contributed by atoms with Gasteiger partial charge in [0.2, 0.25) is 0 Å². The van der Waals surface area contributed by atoms with Crippen molar-refractivity contribution in [1.82, 2.24) is 10.2 Å². The van der Waals surface area contributed by atoms with Gasteiger partial charge >= 0.3 is 0 Å². The fraction of sp³-hybridized carbons (Fsp3) is 1.00. The highest BCUT2D eigenvalue weighted by Crippen LogP contribution is 2.38. The quantitative estimate of drug-likeness (QED) is 0.707. The molecule has 1 saturated heterocycles. The first kappa shape index (κ1) is 15.3. The van der Waals surface area contributed by atoms with Crippen molar-refractivity contribution in [2.45, 2.75) is 77.8 Å². The predicted molar refractivity (Wildman–Crippen MR) is 83.5 cm³/mol. The second-order valence-electron chi connectivity index (χ2n) is 7.23. The molecule has 0 aromatic rings. The second-order valence-corrected chi connectivity index (χ2v) is 7.23. The maximum absolute atomic E-state index is 3.57. The van der Waals surface area contributed by atoms with Crippen LogP contribution in [0.2, 0.25) is 0 Å². The molecule has 2 aliphatic rings. The Bertz CT molecular complexity index is 252. The molecule has 2 fully saturated rings. The number of likely N-dealkylation sites (tertiary alicyclic amines) is 1. The average molecular weight is 266 g/mol. The summed E-state index contributed by atoms with van der Waals surface area (Å²) in [7, 11) is 0. The molecule has 0 bridgehead atoms. The van der Waals surface area contributed by atoms with Crippen LogP contribution in [0.4, 0.5) is 0 Å². The number of piperidine rings is 1. The second kappa shape index (κ2) is 7.64. The van der Waals surface area contributed by atoms with E-state index in [0.29, 0.717) is 0 Å². The molecule has 0 aromatic carbocycles. The van der Waals surface area contributed by atoms with Crippen molar-refractivity contribution in [3.63, 3.8) is 0 Å². The molecular formula is C17H34N2. The number of rotatable bonds is 7. The van der Waals surface area contributed by atoms with Gasteiger partial charge in [-0.25, -0.2) is 0 Å². The van der Waals surface area contributed by atoms with Gasteiger partial charge in [-0.15, -0.1) is 0 Å². The third-order valence-electron chi connectivity index (χ3n) is 5.13. The summed E-state index contributed by atoms with van der Waals surface area (Å²) >= 11 is 0. The van der Waals surface area contributed by atoms with Crippen LogP contribution >= 0.6 is 0 Å². The Hall–Kier alpha value is -0.0800. The summed E-state index contributed by atoms with van der Waals surface area (Å²) in [6.45, 7) is 10.8. The molecule has 0 spiro atoms. The highest BCUT2D eigenvalue weighted by Gasteiger charge is 2.36. The first-order valence-corrected chi connectivity index (χ1v) is 8.65. The monoisotopic (exact) mass is 266 g/mol. The molecule has 1 saturated carbocycles. The zero-order valence-electron chi connectivity index (χ0n) is 13.3. The fourth-order valence-electron chi connectivity index (χ4n) is 4.12. The number of nitrogens with zero attached hydrogens (tertiary/aromatic N) is 1. The Kier molecular flexibility index (Phi) is 6.15. The lowest BCUT2D eigenvalue weighted by atomic mass is 9.90. The van der Waals surface area contributed by atoms with Gasteiger partial charge in [0, 0.05) is 12.1 Å². The largest absolute Gasteiger partial charge is 0.316 e. The van der Waals surface area contributed by atoms with E-state index < -0.39 is 0 Å². The van der Waals surface area contributed by atoms with Crippen molar-refractivity contribution >= 4 is 0 Å². The van der Waals surface area contributed by atoms with Crippen LogP contribution in [0.3, 0.4) is 0 Å². The lowest BCUT2D eigenvalue weighted by Crippen LogP contribution is -2.47. The average Bonchev–Trinajstić information content (AvgIpc) is 2.85. The lowest BCUT2D eigenvalue weighted by molar-refractivity contribution is 0.0701. The van der Waals surface area contributed by atoms with Crippen LogP contribution < -0.4 is 5.32 Å². The first-order valence-electron chi connectivity index (χ1n) is 8.65. The standard InChI is InChI=1S/C17H34N2/c1-14(2)13-18-11-5-7-15(3)19-12-6-9-16-8-4-10-17(16)19/h14-18H,4-13H2,1-3H3. The Labute approximate surface area is 120 Å². The van der Waals surface area contributed by atoms with Gasteiger partial charge in [-0.05, 0) is 76.9 Å². The maximum atomic E-state index is 3.57. The molecular weight excluding hydrogens is 232 g/mol. The molecule has 1 aliphatic carbocycles. The third-order valence-corrected chi connectivity index (χ3v) is 5.13. The van der Waals surface area contributed by atoms with Crippen molar-refractivity contribution in [3.8, 4) is 0 Å². The minimum Gasteiger partial charge on any atom is -0.316 e. The zero-order chi connectivity index (χ0) is 13.7. The molecule has 0 aromatic heterocycles. The van der Waals surface area contributed by atoms with Crippen LogP contribution in [0.25, 0.3) is 0 Å². The Morgan fingerprint density at radius 1 is 1.11 bits per heavy atom. The van der Waals surface area contributed by atoms with Gasteiger partial charge in [-0.1, -0.05) is 20.3 Å². The lowest BCUT2D eigenvalue weighted by Gasteiger charge is -2.41. The zero-order valence-corrected chi connectivity index (χ0v) is 13.3. The highest BCUT2D eigenvalue weighted by molar-refractivity contribution is 4.91. The van der Waals surface area contributed by atoms with E-state index in [1.54, 1.807) is 0 Å². The van der Waals surface area contributed by atoms with Crippen LogP contribution in [0.1, 0.15) is 65.7 Å². The van der Waals surface area contributed by atoms with Crippen LogP contribution in [0, 0.1) is 11.8 Å². The van der Waals surface area contributed by atoms with Gasteiger partial charge in [0.25, 0.3) is 0 Å². The van der Waals surface area contributed by atoms with E-state index >= 15 is 0 Å². The highest BCUT2D eigenvalue weighted by atomic mass is 15.2. The smallest absolute Gasteiger partial charge is 0.0126 e. The molecule has 2 heteroatoms. The number of fused-ring (bicyclic) bond motifs is 1. The molecule has 0 radical (unpaired) electrons. The number of hydrogen-bond donors (Lipinski definition) is 1. The molecule has 0 amide bonds. The van der Waals surface area contributed by atoms with E-state index in [1.807, 2.05) is 0 Å². The van der Waals surface area contributed by atoms with Crippen molar-refractivity contribution in [1.29, 1.82) is 0 Å². The van der Waals surface area contributed by atoms with Crippen molar-refractivity contribution in [2.75, 3.05) is 19.6 Å². The molecule has 2 nitrogen and oxygen atoms in total. The summed E-state index contributed by atoms with van der Waals surface area (Å²) in [5.41, 5.74) is 0. The summed E-state index contributed by atoms with van der Waals surface area (Å²) in [4.78, 5) is 2.85. The summed E-state index contributed by atoms with van der Waals surface area (Å²) < 4.78 is 0. The molecule has 19 heavy (non-hydrogen) atoms. The predicted octanol–water partition coefficient (Wildman–Crippen LogP) is 3.67. The van der Waals surface area contributed by atoms with Gasteiger partial charge in [-0.2, -0.15) is 0 Å². The summed E-state index contributed by atoms with van der Waals surface area (Å²) in [5, 5.41) is 3.57. The molecule has 3 unspecified atom stereocenters. The van der Waals surface area contributed by atoms with Crippen molar-refractivity contribution < 1.29 is 0 Å². The first-order chi connectivity index (χ1) is 9.18. The number of hydrogen-bond acceptors (Lipinski definition) is 2. The normalized spacial score (nSPS) is 29.7. The molecule has 2 rings (SSSR count). The van der Waals surface area contributed by atoms with Gasteiger partial charge < -0.3 is 5.32 Å². The third kappa shape index (κ3) is 4.46. The topological polar surface area (TPSA) is 15.3 Å². The molecule has 3 atom stereocenters. The maximum Gasteiger partial charge on any atom is 0.0126 e. The van der Waals surface area contributed by atoms with Gasteiger partial charge in [-0.3, -0.25) is 4.90 Å². The molecule has 1 N–H and O–H groups in total. The minimum atomic E-state index is 0.777. The summed E-state index contributed by atoms with van der Waals surface area (Å²) in [5.74, 6) is 1.81. The van der Waals surface area contributed by atoms with Crippen molar-refractivity contribution in [3.05, 3.63) is 0 Å². The van der Waals surface area contributed by atoms with E-state index in [-0.39, 0.29) is 0 Å². The van der Waals surface area contributed by atoms with Crippen molar-refractivity contribution in [2.24, 2.45) is 11.8 Å². The Balaban J connectivity index is 1.66. The molecule has 1 heterocycles. The summed E-state index contributed by atoms with van der Waals surface area (Å²) in [6.07, 6.45) is 10.1. The minimum absolute atomic E-state index is 0.777. The van der Waals surface area contributed by atoms with Gasteiger partial charge in [0.1, 0.15) is 0 Å². The van der Waals surface area contributed by atoms with Crippen LogP contribution in [0.5, 0.6) is 0 Å². The Morgan fingerprint density at radius 3 is 2.68 bits per heavy atom. The van der Waals surface area contributed by atoms with Gasteiger partial charge in [0.15, 0.2) is 0 Å². The van der Waals surface area contributed by atoms with E-state index in [9.17, 15) is 0 Å². The van der Waals surface area contributed by atoms with Crippen LogP contribution in [0.15, 0.2) is 0 Å². The Morgan fingerprint density at radius 2 is 1.89 bits per heavy atom. The van der Waals surface area contributed by atoms with E-state index in [2.05, 4.69) is 31.0 Å². The van der Waals surface area contributed by atoms with Gasteiger partial charge in [0.05, 0.1) is 0 Å². The fourth-order valence-corrected chi connectivity index (χ4v) is 4.12. The van der Waals surface area contributed by atoms with E-state index in [1.165, 1.54) is 64.6 Å². The molecule has 112 valence electrons. The van der Waals surface area contributed by atoms with E-state index in [4.69, 9.17) is 0 Å². The van der Waals surface area contributed by atoms with Crippen LogP contribution in [-0.2, 0) is 0 Å². The molecule has 1 aliphatic heterocycles. The van der Waals surface area contributed by atoms with Crippen LogP contribution in [-0.4, -0.2) is 36.6 Å².